The molecular weight excluding hydrogens is 514 g/mol. The number of allylic oxidation sites excluding steroid dienone is 8. The van der Waals surface area contributed by atoms with Crippen LogP contribution in [0.4, 0.5) is 0 Å². The van der Waals surface area contributed by atoms with E-state index in [0.29, 0.717) is 23.7 Å². The fourth-order valence-electron chi connectivity index (χ4n) is 4.09. The average Bonchev–Trinajstić information content (AvgIpc) is 3.02. The van der Waals surface area contributed by atoms with Gasteiger partial charge in [0, 0.05) is 0 Å². The van der Waals surface area contributed by atoms with Crippen LogP contribution in [-0.4, -0.2) is 0 Å². The molecule has 0 radical (unpaired) electrons. The van der Waals surface area contributed by atoms with Gasteiger partial charge in [-0.25, -0.2) is 0 Å². The van der Waals surface area contributed by atoms with E-state index in [4.69, 9.17) is 0 Å². The van der Waals surface area contributed by atoms with Crippen LogP contribution in [0.5, 0.6) is 0 Å². The summed E-state index contributed by atoms with van der Waals surface area (Å²) in [6, 6.07) is 0. The Morgan fingerprint density at radius 2 is 0.920 bits per heavy atom. The summed E-state index contributed by atoms with van der Waals surface area (Å²) in [5.74, 6) is 2.74. The van der Waals surface area contributed by atoms with E-state index >= 15 is 0 Å². The first kappa shape index (κ1) is 25.4. The molecule has 2 aliphatic carbocycles. The number of rotatable bonds is 6. The zero-order valence-corrected chi connectivity index (χ0v) is 22.4. The molecule has 0 saturated carbocycles. The van der Waals surface area contributed by atoms with Crippen LogP contribution >= 0.6 is 24.8 Å². The second-order valence-corrected chi connectivity index (χ2v) is 13.5. The van der Waals surface area contributed by atoms with E-state index in [9.17, 15) is 0 Å². The molecule has 0 bridgehead atoms. The molecule has 0 aliphatic heterocycles. The molecule has 25 heavy (non-hydrogen) atoms. The standard InChI is InChI=1S/2C11H17.2ClH.Hf/c2*1-8(2)10-6-5-7-11(10)9(3)4;;;/h2*6,8-9H,5H2,1-4H3;2*1H;. The van der Waals surface area contributed by atoms with E-state index in [0.717, 1.165) is 0 Å². The molecule has 0 heterocycles. The van der Waals surface area contributed by atoms with Gasteiger partial charge in [0.15, 0.2) is 0 Å². The average molecular weight is 550 g/mol. The second-order valence-electron chi connectivity index (χ2n) is 8.26. The van der Waals surface area contributed by atoms with Crippen LogP contribution in [0.2, 0.25) is 0 Å². The van der Waals surface area contributed by atoms with Gasteiger partial charge in [-0.2, -0.15) is 0 Å². The molecule has 142 valence electrons. The number of hydrogen-bond donors (Lipinski definition) is 0. The van der Waals surface area contributed by atoms with Crippen molar-refractivity contribution in [1.29, 1.82) is 0 Å². The fraction of sp³-hybridized carbons (Fsp3) is 0.636. The van der Waals surface area contributed by atoms with Crippen molar-refractivity contribution in [3.8, 4) is 0 Å². The fourth-order valence-corrected chi connectivity index (χ4v) is 10.9. The van der Waals surface area contributed by atoms with Gasteiger partial charge in [0.1, 0.15) is 0 Å². The van der Waals surface area contributed by atoms with E-state index in [2.05, 4.69) is 67.5 Å². The summed E-state index contributed by atoms with van der Waals surface area (Å²) in [5.41, 5.74) is 6.81. The molecule has 3 heteroatoms. The van der Waals surface area contributed by atoms with E-state index < -0.39 is 22.9 Å². The summed E-state index contributed by atoms with van der Waals surface area (Å²) in [4.78, 5) is 0. The van der Waals surface area contributed by atoms with Crippen molar-refractivity contribution in [2.75, 3.05) is 0 Å². The third-order valence-corrected chi connectivity index (χ3v) is 10.6. The predicted octanol–water partition coefficient (Wildman–Crippen LogP) is 7.70. The zero-order valence-electron chi connectivity index (χ0n) is 17.2. The quantitative estimate of drug-likeness (QED) is 0.298. The maximum Gasteiger partial charge on any atom is -0.147 e. The summed E-state index contributed by atoms with van der Waals surface area (Å²) in [6.45, 7) is 19.0. The predicted molar refractivity (Wildman–Crippen MR) is 113 cm³/mol. The largest absolute Gasteiger partial charge is 0.147 e. The minimum absolute atomic E-state index is 0. The first-order valence-electron chi connectivity index (χ1n) is 9.37. The van der Waals surface area contributed by atoms with Crippen molar-refractivity contribution in [2.24, 2.45) is 23.7 Å². The maximum absolute atomic E-state index is 2.55. The maximum atomic E-state index is 2.55. The third kappa shape index (κ3) is 5.69. The van der Waals surface area contributed by atoms with Crippen molar-refractivity contribution in [3.05, 3.63) is 41.1 Å². The van der Waals surface area contributed by atoms with Crippen LogP contribution in [0, 0.1) is 23.7 Å². The SMILES string of the molecule is CC(C)C1=CC[C]([Hf][C]2=C(C(C)C)C(C(C)C)=CC2)=C1C(C)C.Cl.Cl. The molecule has 0 atom stereocenters. The molecule has 0 N–H and O–H groups in total. The van der Waals surface area contributed by atoms with Gasteiger partial charge in [-0.15, -0.1) is 24.8 Å². The number of halogens is 2. The van der Waals surface area contributed by atoms with E-state index in [1.165, 1.54) is 12.8 Å². The van der Waals surface area contributed by atoms with Gasteiger partial charge in [0.05, 0.1) is 0 Å². The van der Waals surface area contributed by atoms with Crippen molar-refractivity contribution in [1.82, 2.24) is 0 Å². The molecule has 0 saturated heterocycles. The Kier molecular flexibility index (Phi) is 10.8. The molecule has 0 aromatic heterocycles. The van der Waals surface area contributed by atoms with Crippen LogP contribution in [0.15, 0.2) is 41.1 Å². The van der Waals surface area contributed by atoms with Gasteiger partial charge in [-0.05, 0) is 0 Å². The Labute approximate surface area is 179 Å². The molecule has 0 nitrogen and oxygen atoms in total. The monoisotopic (exact) mass is 550 g/mol. The minimum Gasteiger partial charge on any atom is -0.147 e. The van der Waals surface area contributed by atoms with Gasteiger partial charge >= 0.3 is 156 Å². The van der Waals surface area contributed by atoms with Crippen molar-refractivity contribution < 1.29 is 22.9 Å². The van der Waals surface area contributed by atoms with Crippen LogP contribution in [0.1, 0.15) is 68.2 Å². The van der Waals surface area contributed by atoms with Gasteiger partial charge in [-0.1, -0.05) is 0 Å². The Morgan fingerprint density at radius 1 is 0.600 bits per heavy atom. The Balaban J connectivity index is 0.00000288. The smallest absolute Gasteiger partial charge is 0.147 e. The summed E-state index contributed by atoms with van der Waals surface area (Å²) < 4.78 is 3.77. The van der Waals surface area contributed by atoms with E-state index in [1.807, 2.05) is 6.66 Å². The molecule has 2 rings (SSSR count). The van der Waals surface area contributed by atoms with Crippen LogP contribution in [-0.2, 0) is 22.9 Å². The summed E-state index contributed by atoms with van der Waals surface area (Å²) in [6.07, 6.45) is 7.61. The third-order valence-electron chi connectivity index (χ3n) is 5.02. The van der Waals surface area contributed by atoms with E-state index in [1.54, 1.807) is 22.3 Å². The topological polar surface area (TPSA) is 0 Å². The van der Waals surface area contributed by atoms with Crippen LogP contribution in [0.3, 0.4) is 0 Å². The van der Waals surface area contributed by atoms with Gasteiger partial charge in [0.25, 0.3) is 0 Å². The Bertz CT molecular complexity index is 535. The first-order valence-corrected chi connectivity index (χ1v) is 13.0. The minimum atomic E-state index is -0.882. The molecule has 0 amide bonds. The second kappa shape index (κ2) is 10.7. The molecule has 0 aromatic carbocycles. The molecule has 2 aliphatic rings. The normalized spacial score (nSPS) is 17.4. The number of hydrogen-bond acceptors (Lipinski definition) is 0. The zero-order chi connectivity index (χ0) is 17.3. The molecule has 0 fully saturated rings. The molecular formula is C22H36Cl2Hf. The molecule has 0 unspecified atom stereocenters. The van der Waals surface area contributed by atoms with Crippen molar-refractivity contribution in [2.45, 2.75) is 68.2 Å². The van der Waals surface area contributed by atoms with Gasteiger partial charge in [-0.3, -0.25) is 0 Å². The van der Waals surface area contributed by atoms with E-state index in [-0.39, 0.29) is 24.8 Å². The summed E-state index contributed by atoms with van der Waals surface area (Å²) in [7, 11) is 0. The Hall–Kier alpha value is 0.410. The molecule has 0 spiro atoms. The van der Waals surface area contributed by atoms with Gasteiger partial charge < -0.3 is 0 Å². The van der Waals surface area contributed by atoms with Crippen LogP contribution < -0.4 is 0 Å². The first-order chi connectivity index (χ1) is 10.7. The van der Waals surface area contributed by atoms with Gasteiger partial charge in [0.2, 0.25) is 0 Å². The molecule has 0 aromatic rings. The Morgan fingerprint density at radius 3 is 1.16 bits per heavy atom. The van der Waals surface area contributed by atoms with Crippen molar-refractivity contribution >= 4 is 24.8 Å². The van der Waals surface area contributed by atoms with Crippen LogP contribution in [0.25, 0.3) is 0 Å². The van der Waals surface area contributed by atoms with Crippen molar-refractivity contribution in [3.63, 3.8) is 0 Å². The summed E-state index contributed by atoms with van der Waals surface area (Å²) >= 11 is -0.882. The summed E-state index contributed by atoms with van der Waals surface area (Å²) in [5, 5.41) is 0.